The maximum absolute atomic E-state index is 11.9. The Bertz CT molecular complexity index is 608. The average molecular weight is 379 g/mol. The van der Waals surface area contributed by atoms with Crippen molar-refractivity contribution in [2.75, 3.05) is 19.7 Å². The van der Waals surface area contributed by atoms with E-state index in [-0.39, 0.29) is 18.8 Å². The molecule has 0 spiro atoms. The van der Waals surface area contributed by atoms with E-state index in [4.69, 9.17) is 15.6 Å². The molecular formula is C19H29N3O5. The first-order chi connectivity index (χ1) is 13.0. The van der Waals surface area contributed by atoms with Crippen LogP contribution in [0, 0.1) is 0 Å². The molecule has 6 N–H and O–H groups in total. The molecule has 1 aliphatic rings. The molecule has 3 atom stereocenters. The lowest BCUT2D eigenvalue weighted by Gasteiger charge is -2.15. The number of aliphatic hydroxyl groups is 1. The maximum Gasteiger partial charge on any atom is 0.326 e. The van der Waals surface area contributed by atoms with Gasteiger partial charge in [0.15, 0.2) is 6.61 Å². The molecule has 27 heavy (non-hydrogen) atoms. The molecule has 0 bridgehead atoms. The third kappa shape index (κ3) is 7.54. The van der Waals surface area contributed by atoms with Crippen molar-refractivity contribution < 1.29 is 24.5 Å². The van der Waals surface area contributed by atoms with Crippen LogP contribution in [0.25, 0.3) is 0 Å². The highest BCUT2D eigenvalue weighted by Crippen LogP contribution is 2.16. The minimum absolute atomic E-state index is 0.240. The largest absolute Gasteiger partial charge is 0.484 e. The second kappa shape index (κ2) is 10.9. The molecule has 150 valence electrons. The van der Waals surface area contributed by atoms with Crippen LogP contribution in [0.1, 0.15) is 31.2 Å². The third-order valence-corrected chi connectivity index (χ3v) is 4.55. The van der Waals surface area contributed by atoms with Gasteiger partial charge in [0.1, 0.15) is 11.8 Å². The van der Waals surface area contributed by atoms with Crippen molar-refractivity contribution in [1.29, 1.82) is 0 Å². The minimum atomic E-state index is -1.06. The second-order valence-electron chi connectivity index (χ2n) is 6.87. The summed E-state index contributed by atoms with van der Waals surface area (Å²) in [6.45, 7) is 0.887. The summed E-state index contributed by atoms with van der Waals surface area (Å²) in [5.74, 6) is -0.984. The highest BCUT2D eigenvalue weighted by Gasteiger charge is 2.22. The number of ether oxygens (including phenoxy) is 1. The van der Waals surface area contributed by atoms with Gasteiger partial charge in [-0.1, -0.05) is 12.1 Å². The van der Waals surface area contributed by atoms with E-state index in [0.29, 0.717) is 31.7 Å². The molecule has 0 aliphatic carbocycles. The Balaban J connectivity index is 1.74. The van der Waals surface area contributed by atoms with Gasteiger partial charge in [0.2, 0.25) is 0 Å². The molecule has 8 nitrogen and oxygen atoms in total. The predicted octanol–water partition coefficient (Wildman–Crippen LogP) is 0.0291. The molecule has 1 aliphatic heterocycles. The highest BCUT2D eigenvalue weighted by molar-refractivity contribution is 5.84. The van der Waals surface area contributed by atoms with E-state index in [1.807, 2.05) is 12.1 Å². The number of nitrogens with two attached hydrogens (primary N) is 1. The molecule has 1 saturated heterocycles. The molecule has 1 amide bonds. The normalized spacial score (nSPS) is 20.2. The SMILES string of the molecule is NCCCC[C@@H](NC(=O)COc1ccc(C[C@@H]2C[C@@H](O)CN2)cc1)C(=O)O. The van der Waals surface area contributed by atoms with E-state index in [0.717, 1.165) is 24.8 Å². The van der Waals surface area contributed by atoms with Gasteiger partial charge in [-0.05, 0) is 56.3 Å². The fourth-order valence-corrected chi connectivity index (χ4v) is 3.09. The lowest BCUT2D eigenvalue weighted by atomic mass is 10.0. The zero-order valence-corrected chi connectivity index (χ0v) is 15.4. The molecule has 1 aromatic carbocycles. The number of hydrogen-bond donors (Lipinski definition) is 5. The van der Waals surface area contributed by atoms with E-state index in [2.05, 4.69) is 10.6 Å². The van der Waals surface area contributed by atoms with E-state index >= 15 is 0 Å². The summed E-state index contributed by atoms with van der Waals surface area (Å²) in [4.78, 5) is 23.1. The zero-order chi connectivity index (χ0) is 19.6. The van der Waals surface area contributed by atoms with Crippen molar-refractivity contribution in [3.8, 4) is 5.75 Å². The molecular weight excluding hydrogens is 350 g/mol. The Morgan fingerprint density at radius 3 is 2.63 bits per heavy atom. The van der Waals surface area contributed by atoms with Crippen LogP contribution in [0.3, 0.4) is 0 Å². The molecule has 8 heteroatoms. The van der Waals surface area contributed by atoms with Gasteiger partial charge >= 0.3 is 5.97 Å². The van der Waals surface area contributed by atoms with Crippen molar-refractivity contribution in [2.24, 2.45) is 5.73 Å². The lowest BCUT2D eigenvalue weighted by Crippen LogP contribution is -2.43. The Morgan fingerprint density at radius 2 is 2.04 bits per heavy atom. The van der Waals surface area contributed by atoms with Gasteiger partial charge in [-0.25, -0.2) is 4.79 Å². The smallest absolute Gasteiger partial charge is 0.326 e. The molecule has 0 saturated carbocycles. The van der Waals surface area contributed by atoms with Crippen LogP contribution in [0.2, 0.25) is 0 Å². The number of amides is 1. The van der Waals surface area contributed by atoms with E-state index in [1.54, 1.807) is 12.1 Å². The van der Waals surface area contributed by atoms with Crippen LogP contribution in [0.15, 0.2) is 24.3 Å². The van der Waals surface area contributed by atoms with Crippen molar-refractivity contribution in [3.05, 3.63) is 29.8 Å². The summed E-state index contributed by atoms with van der Waals surface area (Å²) in [5, 5.41) is 24.4. The Hall–Kier alpha value is -2.16. The molecule has 0 radical (unpaired) electrons. The van der Waals surface area contributed by atoms with Gasteiger partial charge in [-0.2, -0.15) is 0 Å². The van der Waals surface area contributed by atoms with Gasteiger partial charge in [0.05, 0.1) is 6.10 Å². The molecule has 2 rings (SSSR count). The summed E-state index contributed by atoms with van der Waals surface area (Å²) in [6, 6.07) is 6.75. The number of hydrogen-bond acceptors (Lipinski definition) is 6. The third-order valence-electron chi connectivity index (χ3n) is 4.55. The maximum atomic E-state index is 11.9. The van der Waals surface area contributed by atoms with E-state index < -0.39 is 17.9 Å². The van der Waals surface area contributed by atoms with E-state index in [1.165, 1.54) is 0 Å². The number of rotatable bonds is 11. The number of carbonyl (C=O) groups is 2. The fraction of sp³-hybridized carbons (Fsp3) is 0.579. The minimum Gasteiger partial charge on any atom is -0.484 e. The monoisotopic (exact) mass is 379 g/mol. The first kappa shape index (κ1) is 21.1. The lowest BCUT2D eigenvalue weighted by molar-refractivity contribution is -0.142. The molecule has 0 unspecified atom stereocenters. The van der Waals surface area contributed by atoms with Gasteiger partial charge in [0, 0.05) is 12.6 Å². The molecule has 1 aromatic rings. The number of carboxylic acid groups (broad SMARTS) is 1. The topological polar surface area (TPSA) is 134 Å². The van der Waals surface area contributed by atoms with Crippen LogP contribution in [-0.2, 0) is 16.0 Å². The highest BCUT2D eigenvalue weighted by atomic mass is 16.5. The second-order valence-corrected chi connectivity index (χ2v) is 6.87. The van der Waals surface area contributed by atoms with Gasteiger partial charge in [0.25, 0.3) is 5.91 Å². The Morgan fingerprint density at radius 1 is 1.30 bits per heavy atom. The van der Waals surface area contributed by atoms with Crippen LogP contribution in [0.4, 0.5) is 0 Å². The van der Waals surface area contributed by atoms with Gasteiger partial charge in [-0.3, -0.25) is 4.79 Å². The van der Waals surface area contributed by atoms with Gasteiger partial charge < -0.3 is 31.3 Å². The van der Waals surface area contributed by atoms with Crippen molar-refractivity contribution >= 4 is 11.9 Å². The molecule has 1 heterocycles. The number of unbranched alkanes of at least 4 members (excludes halogenated alkanes) is 1. The number of carbonyl (C=O) groups excluding carboxylic acids is 1. The fourth-order valence-electron chi connectivity index (χ4n) is 3.09. The number of aliphatic hydroxyl groups excluding tert-OH is 1. The van der Waals surface area contributed by atoms with Crippen LogP contribution >= 0.6 is 0 Å². The summed E-state index contributed by atoms with van der Waals surface area (Å²) in [5.41, 5.74) is 6.51. The van der Waals surface area contributed by atoms with Crippen LogP contribution in [-0.4, -0.2) is 60.0 Å². The summed E-state index contributed by atoms with van der Waals surface area (Å²) >= 11 is 0. The number of carboxylic acids is 1. The predicted molar refractivity (Wildman–Crippen MR) is 101 cm³/mol. The zero-order valence-electron chi connectivity index (χ0n) is 15.4. The Kier molecular flexibility index (Phi) is 8.50. The van der Waals surface area contributed by atoms with Crippen molar-refractivity contribution in [3.63, 3.8) is 0 Å². The van der Waals surface area contributed by atoms with Gasteiger partial charge in [-0.15, -0.1) is 0 Å². The number of benzene rings is 1. The van der Waals surface area contributed by atoms with Crippen molar-refractivity contribution in [2.45, 2.75) is 50.3 Å². The molecule has 0 aromatic heterocycles. The quantitative estimate of drug-likeness (QED) is 0.342. The standard InChI is InChI=1S/C19H29N3O5/c20-8-2-1-3-17(19(25)26)22-18(24)12-27-16-6-4-13(5-7-16)9-14-10-15(23)11-21-14/h4-7,14-15,17,21,23H,1-3,8-12,20H2,(H,22,24)(H,25,26)/t14-,15-,17-/m1/s1. The number of β-amino-alcohol motifs (C(OH)–C–C–N with tert-alkyl or cyclic N) is 1. The van der Waals surface area contributed by atoms with Crippen molar-refractivity contribution in [1.82, 2.24) is 10.6 Å². The first-order valence-corrected chi connectivity index (χ1v) is 9.33. The van der Waals surface area contributed by atoms with Crippen LogP contribution < -0.4 is 21.1 Å². The van der Waals surface area contributed by atoms with Crippen LogP contribution in [0.5, 0.6) is 5.75 Å². The Labute approximate surface area is 159 Å². The summed E-state index contributed by atoms with van der Waals surface area (Å²) < 4.78 is 5.44. The average Bonchev–Trinajstić information content (AvgIpc) is 3.05. The van der Waals surface area contributed by atoms with E-state index in [9.17, 15) is 14.7 Å². The summed E-state index contributed by atoms with van der Waals surface area (Å²) in [6.07, 6.45) is 2.99. The molecule has 1 fully saturated rings. The number of aliphatic carboxylic acids is 1. The number of nitrogens with one attached hydrogen (secondary N) is 2. The summed E-state index contributed by atoms with van der Waals surface area (Å²) in [7, 11) is 0. The first-order valence-electron chi connectivity index (χ1n) is 9.33.